The Morgan fingerprint density at radius 2 is 1.56 bits per heavy atom. The molecule has 298 valence electrons. The van der Waals surface area contributed by atoms with Crippen molar-refractivity contribution in [3.8, 4) is 0 Å². The van der Waals surface area contributed by atoms with E-state index in [1.165, 1.54) is 0 Å². The molecule has 7 atom stereocenters. The molecular formula is C41H61N5O7S. The second-order valence-corrected chi connectivity index (χ2v) is 21.4. The van der Waals surface area contributed by atoms with Crippen LogP contribution in [0.5, 0.6) is 0 Å². The molecule has 54 heavy (non-hydrogen) atoms. The van der Waals surface area contributed by atoms with Crippen molar-refractivity contribution >= 4 is 39.4 Å². The quantitative estimate of drug-likeness (QED) is 0.234. The Hall–Kier alpha value is -3.48. The second kappa shape index (κ2) is 14.2. The van der Waals surface area contributed by atoms with Gasteiger partial charge in [0.05, 0.1) is 15.5 Å². The Bertz CT molecular complexity index is 1770. The topological polar surface area (TPSA) is 171 Å². The number of hydrogen-bond acceptors (Lipinski definition) is 7. The summed E-state index contributed by atoms with van der Waals surface area (Å²) in [6.45, 7) is 15.2. The third-order valence-electron chi connectivity index (χ3n) is 14.0. The summed E-state index contributed by atoms with van der Waals surface area (Å²) in [5, 5.41) is 10.9. The van der Waals surface area contributed by atoms with Gasteiger partial charge in [-0.15, -0.1) is 0 Å². The van der Waals surface area contributed by atoms with Gasteiger partial charge in [-0.1, -0.05) is 70.7 Å². The number of carbonyl (C=O) groups is 5. The highest BCUT2D eigenvalue weighted by Crippen LogP contribution is 2.65. The number of likely N-dealkylation sites (tertiary alicyclic amines) is 1. The summed E-state index contributed by atoms with van der Waals surface area (Å²) in [6, 6.07) is 5.49. The Kier molecular flexibility index (Phi) is 10.6. The monoisotopic (exact) mass is 767 g/mol. The zero-order valence-electron chi connectivity index (χ0n) is 33.3. The molecule has 0 bridgehead atoms. The Morgan fingerprint density at radius 3 is 2.09 bits per heavy atom. The summed E-state index contributed by atoms with van der Waals surface area (Å²) in [7, 11) is -3.66. The van der Waals surface area contributed by atoms with Crippen LogP contribution in [0.3, 0.4) is 0 Å². The van der Waals surface area contributed by atoms with E-state index in [0.717, 1.165) is 30.4 Å². The molecule has 1 aliphatic heterocycles. The first kappa shape index (κ1) is 40.2. The zero-order valence-corrected chi connectivity index (χ0v) is 34.2. The molecule has 1 saturated heterocycles. The first-order valence-corrected chi connectivity index (χ1v) is 21.6. The van der Waals surface area contributed by atoms with E-state index in [9.17, 15) is 27.6 Å². The number of ketones is 1. The summed E-state index contributed by atoms with van der Waals surface area (Å²) >= 11 is 0. The average Bonchev–Trinajstić information content (AvgIpc) is 3.72. The Balaban J connectivity index is 1.29. The van der Waals surface area contributed by atoms with E-state index in [1.807, 2.05) is 31.2 Å². The van der Waals surface area contributed by atoms with Crippen LogP contribution in [0.15, 0.2) is 24.3 Å². The van der Waals surface area contributed by atoms with Crippen LogP contribution in [-0.4, -0.2) is 89.1 Å². The van der Waals surface area contributed by atoms with Crippen molar-refractivity contribution in [2.45, 2.75) is 146 Å². The molecule has 4 aliphatic carbocycles. The maximum Gasteiger partial charge on any atom is 0.315 e. The van der Waals surface area contributed by atoms with E-state index in [-0.39, 0.29) is 41.5 Å². The number of urea groups is 1. The molecule has 13 heteroatoms. The molecule has 0 radical (unpaired) electrons. The number of amides is 5. The van der Waals surface area contributed by atoms with Crippen molar-refractivity contribution < 1.29 is 32.4 Å². The lowest BCUT2D eigenvalue weighted by Crippen LogP contribution is -2.65. The highest BCUT2D eigenvalue weighted by atomic mass is 32.2. The number of benzene rings is 1. The predicted octanol–water partition coefficient (Wildman–Crippen LogP) is 3.85. The third kappa shape index (κ3) is 6.84. The maximum atomic E-state index is 15.0. The minimum atomic E-state index is -3.66. The van der Waals surface area contributed by atoms with Gasteiger partial charge in [0, 0.05) is 13.1 Å². The summed E-state index contributed by atoms with van der Waals surface area (Å²) in [4.78, 5) is 71.5. The van der Waals surface area contributed by atoms with Gasteiger partial charge in [-0.05, 0) is 107 Å². The van der Waals surface area contributed by atoms with Crippen molar-refractivity contribution in [3.63, 3.8) is 0 Å². The van der Waals surface area contributed by atoms with Gasteiger partial charge in [-0.25, -0.2) is 13.2 Å². The molecule has 4 fully saturated rings. The molecule has 6 rings (SSSR count). The summed E-state index contributed by atoms with van der Waals surface area (Å²) < 4.78 is 26.6. The second-order valence-electron chi connectivity index (χ2n) is 18.4. The van der Waals surface area contributed by atoms with E-state index in [1.54, 1.807) is 39.5 Å². The van der Waals surface area contributed by atoms with E-state index in [4.69, 9.17) is 0 Å². The van der Waals surface area contributed by atoms with Crippen LogP contribution in [0, 0.1) is 29.1 Å². The fraction of sp³-hybridized carbons (Fsp3) is 0.732. The summed E-state index contributed by atoms with van der Waals surface area (Å²) in [6.07, 6.45) is 5.58. The van der Waals surface area contributed by atoms with Gasteiger partial charge in [0.25, 0.3) is 5.91 Å². The number of rotatable bonds is 12. The zero-order chi connectivity index (χ0) is 39.6. The molecular weight excluding hydrogens is 707 g/mol. The first-order valence-electron chi connectivity index (χ1n) is 20.1. The van der Waals surface area contributed by atoms with Crippen molar-refractivity contribution in [3.05, 3.63) is 35.4 Å². The van der Waals surface area contributed by atoms with Crippen LogP contribution < -0.4 is 21.3 Å². The van der Waals surface area contributed by atoms with Crippen LogP contribution in [-0.2, 0) is 41.9 Å². The maximum absolute atomic E-state index is 15.0. The number of hydrogen-bond donors (Lipinski definition) is 4. The smallest absolute Gasteiger partial charge is 0.315 e. The fourth-order valence-corrected chi connectivity index (χ4v) is 12.2. The van der Waals surface area contributed by atoms with Crippen molar-refractivity contribution in [1.82, 2.24) is 26.2 Å². The Morgan fingerprint density at radius 1 is 0.944 bits per heavy atom. The number of fused-ring (bicyclic) bond motifs is 2. The van der Waals surface area contributed by atoms with Gasteiger partial charge in [-0.3, -0.25) is 19.2 Å². The van der Waals surface area contributed by atoms with Gasteiger partial charge in [0.15, 0.2) is 9.84 Å². The normalized spacial score (nSPS) is 29.2. The van der Waals surface area contributed by atoms with Crippen molar-refractivity contribution in [2.24, 2.45) is 29.1 Å². The van der Waals surface area contributed by atoms with Gasteiger partial charge < -0.3 is 26.2 Å². The molecule has 1 heterocycles. The fourth-order valence-electron chi connectivity index (χ4n) is 10.3. The molecule has 12 nitrogen and oxygen atoms in total. The number of nitrogens with one attached hydrogen (secondary N) is 4. The SMILES string of the molecule is CCNC(=O)C(=O)C1(NC(=O)[C@@H]2[C@@H]3[C@H](CN2C(=O)[C@@H](NC(=O)NC2([C@@H](C)S(=O)(=O)C(C)(C)C)CCCCC2)C2Cc4ccccc4C2)C3(C)C)CC1CC. The van der Waals surface area contributed by atoms with Crippen LogP contribution in [0.2, 0.25) is 0 Å². The number of piperidine rings is 1. The minimum Gasteiger partial charge on any atom is -0.350 e. The highest BCUT2D eigenvalue weighted by Gasteiger charge is 2.71. The summed E-state index contributed by atoms with van der Waals surface area (Å²) in [5.41, 5.74) is -0.329. The van der Waals surface area contributed by atoms with Crippen LogP contribution in [0.4, 0.5) is 4.79 Å². The van der Waals surface area contributed by atoms with E-state index < -0.39 is 66.6 Å². The molecule has 5 amide bonds. The Labute approximate surface area is 321 Å². The molecule has 3 saturated carbocycles. The van der Waals surface area contributed by atoms with Gasteiger partial charge in [-0.2, -0.15) is 0 Å². The average molecular weight is 768 g/mol. The van der Waals surface area contributed by atoms with Crippen LogP contribution in [0.25, 0.3) is 0 Å². The minimum absolute atomic E-state index is 0.0534. The molecule has 5 aliphatic rings. The van der Waals surface area contributed by atoms with Gasteiger partial charge in [0.2, 0.25) is 17.6 Å². The van der Waals surface area contributed by atoms with Crippen molar-refractivity contribution in [2.75, 3.05) is 13.1 Å². The number of likely N-dealkylation sites (N-methyl/N-ethyl adjacent to an activating group) is 1. The number of Topliss-reactive ketones (excluding diaryl/α,β-unsaturated/α-hetero) is 1. The number of sulfone groups is 1. The van der Waals surface area contributed by atoms with E-state index in [0.29, 0.717) is 45.1 Å². The molecule has 1 aromatic rings. The molecule has 4 N–H and O–H groups in total. The lowest BCUT2D eigenvalue weighted by Gasteiger charge is -2.44. The van der Waals surface area contributed by atoms with Crippen LogP contribution in [0.1, 0.15) is 111 Å². The molecule has 1 aromatic carbocycles. The lowest BCUT2D eigenvalue weighted by molar-refractivity contribution is -0.145. The van der Waals surface area contributed by atoms with E-state index in [2.05, 4.69) is 35.1 Å². The first-order chi connectivity index (χ1) is 25.3. The molecule has 0 spiro atoms. The standard InChI is InChI=1S/C41H61N5O7S/c1-9-28-22-41(28,33(47)35(49)42-10-2)44-34(48)32-30-29(39(30,7)8)23-46(32)36(50)31(27-20-25-16-12-13-17-26(25)21-27)43-37(51)45-40(18-14-11-15-19-40)24(3)54(52,53)38(4,5)6/h12-13,16-17,24,27-32H,9-11,14-15,18-23H2,1-8H3,(H,42,49)(H,44,48)(H2,43,45,51)/t24-,28?,29+,30+,31+,32+,41?/m1/s1. The third-order valence-corrected chi connectivity index (χ3v) is 17.1. The number of carbonyl (C=O) groups excluding carboxylic acids is 5. The van der Waals surface area contributed by atoms with Gasteiger partial charge >= 0.3 is 6.03 Å². The molecule has 0 aromatic heterocycles. The number of nitrogens with zero attached hydrogens (tertiary/aromatic N) is 1. The largest absolute Gasteiger partial charge is 0.350 e. The summed E-state index contributed by atoms with van der Waals surface area (Å²) in [5.74, 6) is -2.79. The van der Waals surface area contributed by atoms with E-state index >= 15 is 4.79 Å². The van der Waals surface area contributed by atoms with Crippen LogP contribution >= 0.6 is 0 Å². The van der Waals surface area contributed by atoms with Crippen molar-refractivity contribution in [1.29, 1.82) is 0 Å². The lowest BCUT2D eigenvalue weighted by atomic mass is 9.79. The van der Waals surface area contributed by atoms with Gasteiger partial charge in [0.1, 0.15) is 17.6 Å². The molecule has 2 unspecified atom stereocenters. The predicted molar refractivity (Wildman–Crippen MR) is 206 cm³/mol. The highest BCUT2D eigenvalue weighted by molar-refractivity contribution is 7.93.